The van der Waals surface area contributed by atoms with Crippen molar-refractivity contribution in [1.82, 2.24) is 25.5 Å². The van der Waals surface area contributed by atoms with E-state index in [2.05, 4.69) is 48.7 Å². The van der Waals surface area contributed by atoms with Crippen LogP contribution >= 0.6 is 22.6 Å². The number of tetrazole rings is 1. The average molecular weight is 665 g/mol. The van der Waals surface area contributed by atoms with E-state index < -0.39 is 11.9 Å². The first kappa shape index (κ1) is 29.6. The molecule has 2 N–H and O–H groups in total. The molecule has 41 heavy (non-hydrogen) atoms. The standard InChI is InChI=1S/C30H29IN6O4/c1-2-41-29(39)18-22-8-12-25(13-9-22)33-30(40)26(17-21-6-4-3-5-7-21)34-28(38)15-11-24-16-23(19-31)10-14-27(24)37-20-32-35-36-37/h3-16,20,26H,2,17-19H2,1H3,(H,33,40)(H,34,38)/b15-11+/t26-/m0/s1. The van der Waals surface area contributed by atoms with Crippen molar-refractivity contribution in [1.29, 1.82) is 0 Å². The Morgan fingerprint density at radius 1 is 1.00 bits per heavy atom. The van der Waals surface area contributed by atoms with Crippen LogP contribution in [0, 0.1) is 0 Å². The molecule has 0 bridgehead atoms. The third-order valence-corrected chi connectivity index (χ3v) is 6.93. The van der Waals surface area contributed by atoms with Crippen molar-refractivity contribution >= 4 is 52.1 Å². The van der Waals surface area contributed by atoms with Crippen molar-refractivity contribution in [2.75, 3.05) is 11.9 Å². The van der Waals surface area contributed by atoms with E-state index in [0.29, 0.717) is 18.7 Å². The number of halogens is 1. The van der Waals surface area contributed by atoms with Gasteiger partial charge in [-0.05, 0) is 64.4 Å². The number of alkyl halides is 1. The highest BCUT2D eigenvalue weighted by Crippen LogP contribution is 2.19. The van der Waals surface area contributed by atoms with E-state index in [1.165, 1.54) is 17.1 Å². The Balaban J connectivity index is 1.48. The molecule has 10 nitrogen and oxygen atoms in total. The molecule has 4 aromatic rings. The topological polar surface area (TPSA) is 128 Å². The summed E-state index contributed by atoms with van der Waals surface area (Å²) in [6, 6.07) is 21.4. The quantitative estimate of drug-likeness (QED) is 0.101. The van der Waals surface area contributed by atoms with Crippen molar-refractivity contribution in [2.45, 2.75) is 30.2 Å². The molecular formula is C30H29IN6O4. The lowest BCUT2D eigenvalue weighted by Gasteiger charge is -2.18. The number of carbonyl (C=O) groups excluding carboxylic acids is 3. The van der Waals surface area contributed by atoms with Gasteiger partial charge in [-0.3, -0.25) is 14.4 Å². The number of amides is 2. The minimum Gasteiger partial charge on any atom is -0.466 e. The minimum atomic E-state index is -0.839. The summed E-state index contributed by atoms with van der Waals surface area (Å²) in [4.78, 5) is 38.1. The van der Waals surface area contributed by atoms with Crippen molar-refractivity contribution < 1.29 is 19.1 Å². The second kappa shape index (κ2) is 14.8. The molecule has 2 amide bonds. The van der Waals surface area contributed by atoms with Crippen molar-refractivity contribution in [3.05, 3.63) is 107 Å². The average Bonchev–Trinajstić information content (AvgIpc) is 3.52. The Morgan fingerprint density at radius 2 is 1.76 bits per heavy atom. The number of rotatable bonds is 12. The molecule has 0 fully saturated rings. The normalized spacial score (nSPS) is 11.7. The van der Waals surface area contributed by atoms with E-state index in [1.807, 2.05) is 48.5 Å². The van der Waals surface area contributed by atoms with Gasteiger partial charge in [0.1, 0.15) is 12.4 Å². The van der Waals surface area contributed by atoms with Crippen molar-refractivity contribution in [3.8, 4) is 5.69 Å². The first-order valence-electron chi connectivity index (χ1n) is 13.0. The van der Waals surface area contributed by atoms with Crippen molar-refractivity contribution in [3.63, 3.8) is 0 Å². The summed E-state index contributed by atoms with van der Waals surface area (Å²) in [6.45, 7) is 2.08. The van der Waals surface area contributed by atoms with Crippen LogP contribution in [0.5, 0.6) is 0 Å². The lowest BCUT2D eigenvalue weighted by molar-refractivity contribution is -0.142. The number of nitrogens with zero attached hydrogens (tertiary/aromatic N) is 4. The van der Waals surface area contributed by atoms with Crippen LogP contribution in [0.25, 0.3) is 11.8 Å². The summed E-state index contributed by atoms with van der Waals surface area (Å²) in [5.74, 6) is -1.10. The summed E-state index contributed by atoms with van der Waals surface area (Å²) >= 11 is 2.27. The number of hydrogen-bond donors (Lipinski definition) is 2. The second-order valence-electron chi connectivity index (χ2n) is 9.03. The van der Waals surface area contributed by atoms with E-state index in [9.17, 15) is 14.4 Å². The number of aromatic nitrogens is 4. The van der Waals surface area contributed by atoms with Gasteiger partial charge in [-0.2, -0.15) is 4.68 Å². The first-order valence-corrected chi connectivity index (χ1v) is 14.5. The molecule has 3 aromatic carbocycles. The third kappa shape index (κ3) is 8.80. The Labute approximate surface area is 251 Å². The molecule has 0 spiro atoms. The molecule has 4 rings (SSSR count). The highest BCUT2D eigenvalue weighted by atomic mass is 127. The third-order valence-electron chi connectivity index (χ3n) is 6.05. The minimum absolute atomic E-state index is 0.150. The van der Waals surface area contributed by atoms with Gasteiger partial charge in [0.15, 0.2) is 0 Å². The zero-order chi connectivity index (χ0) is 29.0. The van der Waals surface area contributed by atoms with Crippen LogP contribution in [0.15, 0.2) is 85.2 Å². The van der Waals surface area contributed by atoms with Gasteiger partial charge >= 0.3 is 5.97 Å². The molecule has 0 saturated heterocycles. The van der Waals surface area contributed by atoms with Crippen LogP contribution in [-0.4, -0.2) is 50.6 Å². The van der Waals surface area contributed by atoms with E-state index in [0.717, 1.165) is 32.4 Å². The SMILES string of the molecule is CCOC(=O)Cc1ccc(NC(=O)[C@H](Cc2ccccc2)NC(=O)/C=C/c2cc(CI)ccc2-n2cnnn2)cc1. The van der Waals surface area contributed by atoms with E-state index in [4.69, 9.17) is 4.74 Å². The van der Waals surface area contributed by atoms with Gasteiger partial charge in [-0.15, -0.1) is 5.10 Å². The maximum Gasteiger partial charge on any atom is 0.310 e. The fourth-order valence-electron chi connectivity index (χ4n) is 4.06. The number of esters is 1. The predicted octanol–water partition coefficient (Wildman–Crippen LogP) is 4.08. The molecular weight excluding hydrogens is 635 g/mol. The Hall–Kier alpha value is -4.39. The van der Waals surface area contributed by atoms with Gasteiger partial charge in [0.05, 0.1) is 18.7 Å². The van der Waals surface area contributed by atoms with Crippen molar-refractivity contribution in [2.24, 2.45) is 0 Å². The molecule has 1 aromatic heterocycles. The monoisotopic (exact) mass is 664 g/mol. The second-order valence-corrected chi connectivity index (χ2v) is 9.80. The molecule has 210 valence electrons. The fraction of sp³-hybridized carbons (Fsp3) is 0.200. The summed E-state index contributed by atoms with van der Waals surface area (Å²) in [5.41, 5.74) is 4.78. The Kier molecular flexibility index (Phi) is 10.7. The Morgan fingerprint density at radius 3 is 2.44 bits per heavy atom. The van der Waals surface area contributed by atoms with Crippen LogP contribution < -0.4 is 10.6 Å². The molecule has 11 heteroatoms. The lowest BCUT2D eigenvalue weighted by atomic mass is 10.0. The van der Waals surface area contributed by atoms with Gasteiger partial charge < -0.3 is 15.4 Å². The lowest BCUT2D eigenvalue weighted by Crippen LogP contribution is -2.44. The maximum absolute atomic E-state index is 13.3. The molecule has 0 aliphatic carbocycles. The molecule has 0 unspecified atom stereocenters. The highest BCUT2D eigenvalue weighted by molar-refractivity contribution is 14.1. The fourth-order valence-corrected chi connectivity index (χ4v) is 4.53. The van der Waals surface area contributed by atoms with Gasteiger partial charge in [0.25, 0.3) is 0 Å². The van der Waals surface area contributed by atoms with Crippen LogP contribution in [0.1, 0.15) is 29.2 Å². The first-order chi connectivity index (χ1) is 19.9. The molecule has 1 heterocycles. The summed E-state index contributed by atoms with van der Waals surface area (Å²) in [5, 5.41) is 17.1. The predicted molar refractivity (Wildman–Crippen MR) is 163 cm³/mol. The van der Waals surface area contributed by atoms with E-state index >= 15 is 0 Å². The van der Waals surface area contributed by atoms with Crippen LogP contribution in [0.2, 0.25) is 0 Å². The van der Waals surface area contributed by atoms with Gasteiger partial charge in [-0.1, -0.05) is 71.1 Å². The molecule has 0 aliphatic heterocycles. The molecule has 0 radical (unpaired) electrons. The Bertz CT molecular complexity index is 1490. The number of anilines is 1. The van der Waals surface area contributed by atoms with Gasteiger partial charge in [0, 0.05) is 28.2 Å². The summed E-state index contributed by atoms with van der Waals surface area (Å²) in [7, 11) is 0. The molecule has 0 saturated carbocycles. The highest BCUT2D eigenvalue weighted by Gasteiger charge is 2.21. The molecule has 0 aliphatic rings. The number of benzene rings is 3. The van der Waals surface area contributed by atoms with E-state index in [-0.39, 0.29) is 18.3 Å². The number of ether oxygens (including phenoxy) is 1. The zero-order valence-corrected chi connectivity index (χ0v) is 24.5. The van der Waals surface area contributed by atoms with Crippen LogP contribution in [0.4, 0.5) is 5.69 Å². The number of hydrogen-bond acceptors (Lipinski definition) is 7. The summed E-state index contributed by atoms with van der Waals surface area (Å²) in [6.07, 6.45) is 5.02. The van der Waals surface area contributed by atoms with Gasteiger partial charge in [-0.25, -0.2) is 0 Å². The number of nitrogens with one attached hydrogen (secondary N) is 2. The van der Waals surface area contributed by atoms with Crippen LogP contribution in [-0.2, 0) is 36.4 Å². The van der Waals surface area contributed by atoms with Gasteiger partial charge in [0.2, 0.25) is 11.8 Å². The summed E-state index contributed by atoms with van der Waals surface area (Å²) < 4.78 is 7.31. The smallest absolute Gasteiger partial charge is 0.310 e. The zero-order valence-electron chi connectivity index (χ0n) is 22.4. The van der Waals surface area contributed by atoms with E-state index in [1.54, 1.807) is 37.3 Å². The number of carbonyl (C=O) groups is 3. The molecule has 1 atom stereocenters. The maximum atomic E-state index is 13.3. The van der Waals surface area contributed by atoms with Crippen LogP contribution in [0.3, 0.4) is 0 Å². The largest absolute Gasteiger partial charge is 0.466 e.